The van der Waals surface area contributed by atoms with E-state index in [4.69, 9.17) is 9.47 Å². The average molecular weight is 429 g/mol. The third kappa shape index (κ3) is 5.87. The fourth-order valence-electron chi connectivity index (χ4n) is 2.32. The topological polar surface area (TPSA) is 71.3 Å². The van der Waals surface area contributed by atoms with Gasteiger partial charge in [-0.05, 0) is 49.8 Å². The van der Waals surface area contributed by atoms with Crippen LogP contribution in [0.3, 0.4) is 0 Å². The minimum atomic E-state index is -0.508. The van der Waals surface area contributed by atoms with Crippen LogP contribution in [0.2, 0.25) is 0 Å². The predicted molar refractivity (Wildman–Crippen MR) is 110 cm³/mol. The van der Waals surface area contributed by atoms with Crippen LogP contribution in [0.5, 0.6) is 11.5 Å². The fourth-order valence-corrected chi connectivity index (χ4v) is 2.70. The zero-order chi connectivity index (χ0) is 19.6. The summed E-state index contributed by atoms with van der Waals surface area (Å²) in [5.74, 6) is 0.668. The van der Waals surface area contributed by atoms with Gasteiger partial charge >= 0.3 is 0 Å². The summed E-state index contributed by atoms with van der Waals surface area (Å²) in [6.07, 6.45) is 2.38. The summed E-state index contributed by atoms with van der Waals surface area (Å²) in [5.41, 5.74) is 1.14. The van der Waals surface area contributed by atoms with Gasteiger partial charge in [0.15, 0.2) is 0 Å². The predicted octanol–water partition coefficient (Wildman–Crippen LogP) is 5.18. The van der Waals surface area contributed by atoms with E-state index in [1.54, 1.807) is 18.2 Å². The molecule has 0 heterocycles. The molecule has 27 heavy (non-hydrogen) atoms. The van der Waals surface area contributed by atoms with E-state index in [1.807, 2.05) is 44.2 Å². The number of rotatable bonds is 8. The maximum Gasteiger partial charge on any atom is 0.266 e. The second-order valence-corrected chi connectivity index (χ2v) is 6.50. The highest BCUT2D eigenvalue weighted by Gasteiger charge is 2.14. The minimum absolute atomic E-state index is 0.0271. The van der Waals surface area contributed by atoms with Gasteiger partial charge in [-0.25, -0.2) is 0 Å². The molecule has 0 bridgehead atoms. The van der Waals surface area contributed by atoms with Gasteiger partial charge in [-0.2, -0.15) is 5.26 Å². The minimum Gasteiger partial charge on any atom is -0.493 e. The van der Waals surface area contributed by atoms with E-state index in [9.17, 15) is 10.1 Å². The van der Waals surface area contributed by atoms with Gasteiger partial charge < -0.3 is 14.8 Å². The number of nitrogens with one attached hydrogen (secondary N) is 1. The first-order valence-electron chi connectivity index (χ1n) is 8.66. The van der Waals surface area contributed by atoms with Gasteiger partial charge in [0, 0.05) is 10.0 Å². The summed E-state index contributed by atoms with van der Waals surface area (Å²) in [5, 5.41) is 12.2. The lowest BCUT2D eigenvalue weighted by atomic mass is 10.1. The maximum absolute atomic E-state index is 12.6. The van der Waals surface area contributed by atoms with E-state index in [2.05, 4.69) is 21.2 Å². The second-order valence-electron chi connectivity index (χ2n) is 5.58. The van der Waals surface area contributed by atoms with Crippen molar-refractivity contribution in [1.82, 2.24) is 0 Å². The number of nitrogens with zero attached hydrogens (tertiary/aromatic N) is 1. The number of nitriles is 1. The highest BCUT2D eigenvalue weighted by atomic mass is 79.9. The van der Waals surface area contributed by atoms with Crippen molar-refractivity contribution >= 4 is 33.6 Å². The molecule has 0 unspecified atom stereocenters. The van der Waals surface area contributed by atoms with E-state index < -0.39 is 5.91 Å². The van der Waals surface area contributed by atoms with E-state index in [0.717, 1.165) is 10.9 Å². The quantitative estimate of drug-likeness (QED) is 0.464. The lowest BCUT2D eigenvalue weighted by molar-refractivity contribution is -0.112. The third-order valence-corrected chi connectivity index (χ3v) is 4.03. The Kier molecular flexibility index (Phi) is 7.90. The van der Waals surface area contributed by atoms with Crippen LogP contribution in [0, 0.1) is 11.3 Å². The third-order valence-electron chi connectivity index (χ3n) is 3.53. The summed E-state index contributed by atoms with van der Waals surface area (Å²) in [6, 6.07) is 14.5. The largest absolute Gasteiger partial charge is 0.493 e. The van der Waals surface area contributed by atoms with Gasteiger partial charge in [0.05, 0.1) is 18.9 Å². The highest BCUT2D eigenvalue weighted by Crippen LogP contribution is 2.27. The molecule has 6 heteroatoms. The van der Waals surface area contributed by atoms with Crippen LogP contribution in [-0.4, -0.2) is 19.1 Å². The Morgan fingerprint density at radius 2 is 1.96 bits per heavy atom. The molecule has 2 aromatic carbocycles. The molecule has 0 saturated carbocycles. The number of carbonyl (C=O) groups excluding carboxylic acids is 1. The Balaban J connectivity index is 2.30. The summed E-state index contributed by atoms with van der Waals surface area (Å²) >= 11 is 3.41. The SMILES string of the molecule is CCCOc1ccc(Br)cc1/C=C(\C#N)C(=O)Nc1ccccc1OCC. The molecule has 5 nitrogen and oxygen atoms in total. The van der Waals surface area contributed by atoms with Crippen LogP contribution in [-0.2, 0) is 4.79 Å². The van der Waals surface area contributed by atoms with Gasteiger partial charge in [0.25, 0.3) is 5.91 Å². The molecule has 0 spiro atoms. The lowest BCUT2D eigenvalue weighted by Crippen LogP contribution is -2.14. The molecule has 140 valence electrons. The first-order chi connectivity index (χ1) is 13.1. The number of carbonyl (C=O) groups is 1. The van der Waals surface area contributed by atoms with Gasteiger partial charge in [-0.1, -0.05) is 35.0 Å². The van der Waals surface area contributed by atoms with Crippen molar-refractivity contribution in [2.45, 2.75) is 20.3 Å². The first-order valence-corrected chi connectivity index (χ1v) is 9.45. The number of para-hydroxylation sites is 2. The molecule has 0 aliphatic rings. The molecular weight excluding hydrogens is 408 g/mol. The Morgan fingerprint density at radius 3 is 2.67 bits per heavy atom. The van der Waals surface area contributed by atoms with Crippen molar-refractivity contribution < 1.29 is 14.3 Å². The van der Waals surface area contributed by atoms with Crippen molar-refractivity contribution in [3.05, 3.63) is 58.1 Å². The number of benzene rings is 2. The number of ether oxygens (including phenoxy) is 2. The summed E-state index contributed by atoms with van der Waals surface area (Å²) in [4.78, 5) is 12.6. The normalized spacial score (nSPS) is 10.8. The molecular formula is C21H21BrN2O3. The number of hydrogen-bond donors (Lipinski definition) is 1. The Morgan fingerprint density at radius 1 is 1.19 bits per heavy atom. The monoisotopic (exact) mass is 428 g/mol. The molecule has 0 aromatic heterocycles. The molecule has 2 aromatic rings. The molecule has 1 amide bonds. The fraction of sp³-hybridized carbons (Fsp3) is 0.238. The van der Waals surface area contributed by atoms with Gasteiger partial charge in [0.2, 0.25) is 0 Å². The summed E-state index contributed by atoms with van der Waals surface area (Å²) in [6.45, 7) is 4.91. The first kappa shape index (κ1) is 20.5. The van der Waals surface area contributed by atoms with Crippen molar-refractivity contribution in [2.24, 2.45) is 0 Å². The molecule has 2 rings (SSSR count). The molecule has 0 radical (unpaired) electrons. The van der Waals surface area contributed by atoms with E-state index in [0.29, 0.717) is 36.0 Å². The number of hydrogen-bond acceptors (Lipinski definition) is 4. The Hall–Kier alpha value is -2.78. The van der Waals surface area contributed by atoms with Crippen LogP contribution in [0.15, 0.2) is 52.5 Å². The highest BCUT2D eigenvalue weighted by molar-refractivity contribution is 9.10. The van der Waals surface area contributed by atoms with Gasteiger partial charge in [-0.15, -0.1) is 0 Å². The van der Waals surface area contributed by atoms with Crippen molar-refractivity contribution in [3.8, 4) is 17.6 Å². The van der Waals surface area contributed by atoms with Gasteiger partial charge in [0.1, 0.15) is 23.1 Å². The zero-order valence-electron chi connectivity index (χ0n) is 15.3. The van der Waals surface area contributed by atoms with Crippen LogP contribution >= 0.6 is 15.9 Å². The summed E-state index contributed by atoms with van der Waals surface area (Å²) in [7, 11) is 0. The second kappa shape index (κ2) is 10.4. The molecule has 1 N–H and O–H groups in total. The standard InChI is InChI=1S/C21H21BrN2O3/c1-3-11-27-19-10-9-17(22)13-15(19)12-16(14-23)21(25)24-18-7-5-6-8-20(18)26-4-2/h5-10,12-13H,3-4,11H2,1-2H3,(H,24,25)/b16-12+. The van der Waals surface area contributed by atoms with E-state index in [1.165, 1.54) is 6.08 Å². The number of anilines is 1. The van der Waals surface area contributed by atoms with Crippen LogP contribution in [0.4, 0.5) is 5.69 Å². The number of amides is 1. The summed E-state index contributed by atoms with van der Waals surface area (Å²) < 4.78 is 12.0. The Labute approximate surface area is 167 Å². The number of halogens is 1. The maximum atomic E-state index is 12.6. The van der Waals surface area contributed by atoms with E-state index in [-0.39, 0.29) is 5.57 Å². The van der Waals surface area contributed by atoms with Gasteiger partial charge in [-0.3, -0.25) is 4.79 Å². The lowest BCUT2D eigenvalue weighted by Gasteiger charge is -2.11. The Bertz CT molecular complexity index is 872. The van der Waals surface area contributed by atoms with Crippen LogP contribution < -0.4 is 14.8 Å². The molecule has 0 atom stereocenters. The molecule has 0 fully saturated rings. The van der Waals surface area contributed by atoms with Crippen molar-refractivity contribution in [2.75, 3.05) is 18.5 Å². The smallest absolute Gasteiger partial charge is 0.266 e. The molecule has 0 aliphatic heterocycles. The van der Waals surface area contributed by atoms with Crippen LogP contribution in [0.1, 0.15) is 25.8 Å². The van der Waals surface area contributed by atoms with E-state index >= 15 is 0 Å². The van der Waals surface area contributed by atoms with Crippen molar-refractivity contribution in [3.63, 3.8) is 0 Å². The van der Waals surface area contributed by atoms with Crippen molar-refractivity contribution in [1.29, 1.82) is 5.26 Å². The zero-order valence-corrected chi connectivity index (χ0v) is 16.9. The average Bonchev–Trinajstić information content (AvgIpc) is 2.67. The molecule has 0 saturated heterocycles. The molecule has 0 aliphatic carbocycles. The van der Waals surface area contributed by atoms with Crippen LogP contribution in [0.25, 0.3) is 6.08 Å².